The van der Waals surface area contributed by atoms with Gasteiger partial charge in [0.1, 0.15) is 17.4 Å². The van der Waals surface area contributed by atoms with Crippen LogP contribution < -0.4 is 21.1 Å². The van der Waals surface area contributed by atoms with Crippen LogP contribution in [-0.4, -0.2) is 94.3 Å². The van der Waals surface area contributed by atoms with Crippen molar-refractivity contribution in [3.05, 3.63) is 41.2 Å². The number of piperidine rings is 1. The summed E-state index contributed by atoms with van der Waals surface area (Å²) in [5, 5.41) is 6.07. The lowest BCUT2D eigenvalue weighted by Gasteiger charge is -2.39. The topological polar surface area (TPSA) is 122 Å². The van der Waals surface area contributed by atoms with Crippen molar-refractivity contribution in [3.63, 3.8) is 0 Å². The Bertz CT molecular complexity index is 1380. The summed E-state index contributed by atoms with van der Waals surface area (Å²) < 4.78 is 80.9. The number of benzene rings is 1. The molecular weight excluding hydrogens is 573 g/mol. The highest BCUT2D eigenvalue weighted by Gasteiger charge is 2.48. The number of hydrogen-bond acceptors (Lipinski definition) is 9. The smallest absolute Gasteiger partial charge is 0.414 e. The van der Waals surface area contributed by atoms with Crippen LogP contribution in [0.3, 0.4) is 0 Å². The molecule has 4 N–H and O–H groups in total. The summed E-state index contributed by atoms with van der Waals surface area (Å²) in [5.41, 5.74) is 4.88. The molecule has 0 aliphatic carbocycles. The fourth-order valence-corrected chi connectivity index (χ4v) is 7.80. The Balaban J connectivity index is 1.35. The standard InChI is InChI=1S/C28H39F3N6O4S/c1-18(2)15-27(32)16-24(35-26-25(27)21(17-33-26)28(29,30)31)34-22-5-4-20(14-23(22)40-3)42(38,39)37-8-6-19(7-9-37)36-10-12-41-13-11-36/h4-5,14,16,18-19,34H,6-13,15,17,32H2,1-3H3,(H,33,35). The second-order valence-corrected chi connectivity index (χ2v) is 13.5. The summed E-state index contributed by atoms with van der Waals surface area (Å²) in [6.07, 6.45) is -1.23. The molecule has 1 aromatic carbocycles. The Morgan fingerprint density at radius 1 is 1.21 bits per heavy atom. The summed E-state index contributed by atoms with van der Waals surface area (Å²) in [5.74, 6) is 0.684. The van der Waals surface area contributed by atoms with Crippen LogP contribution in [0.4, 0.5) is 18.9 Å². The van der Waals surface area contributed by atoms with Gasteiger partial charge in [-0.1, -0.05) is 13.8 Å². The van der Waals surface area contributed by atoms with Crippen molar-refractivity contribution >= 4 is 21.5 Å². The van der Waals surface area contributed by atoms with Crippen LogP contribution in [0.5, 0.6) is 5.75 Å². The van der Waals surface area contributed by atoms with Gasteiger partial charge in [-0.15, -0.1) is 0 Å². The lowest BCUT2D eigenvalue weighted by atomic mass is 9.78. The Labute approximate surface area is 244 Å². The lowest BCUT2D eigenvalue weighted by molar-refractivity contribution is -0.0927. The number of aliphatic imine (C=N–C) groups is 1. The molecule has 0 spiro atoms. The average Bonchev–Trinajstić information content (AvgIpc) is 3.39. The third-order valence-corrected chi connectivity index (χ3v) is 10.1. The number of hydrogen-bond donors (Lipinski definition) is 3. The molecule has 42 heavy (non-hydrogen) atoms. The van der Waals surface area contributed by atoms with Gasteiger partial charge in [-0.3, -0.25) is 9.89 Å². The first kappa shape index (κ1) is 30.8. The molecule has 0 aromatic heterocycles. The van der Waals surface area contributed by atoms with Crippen LogP contribution in [0.25, 0.3) is 0 Å². The van der Waals surface area contributed by atoms with Crippen molar-refractivity contribution in [2.24, 2.45) is 16.6 Å². The maximum atomic E-state index is 13.8. The Morgan fingerprint density at radius 3 is 2.52 bits per heavy atom. The molecule has 0 radical (unpaired) electrons. The molecule has 4 aliphatic rings. The van der Waals surface area contributed by atoms with Gasteiger partial charge >= 0.3 is 6.18 Å². The highest BCUT2D eigenvalue weighted by molar-refractivity contribution is 7.89. The van der Waals surface area contributed by atoms with Crippen molar-refractivity contribution in [1.82, 2.24) is 14.5 Å². The number of methoxy groups -OCH3 is 1. The van der Waals surface area contributed by atoms with Crippen LogP contribution in [0.1, 0.15) is 33.1 Å². The van der Waals surface area contributed by atoms with Crippen molar-refractivity contribution in [3.8, 4) is 5.75 Å². The molecule has 2 fully saturated rings. The maximum Gasteiger partial charge on any atom is 0.414 e. The fourth-order valence-electron chi connectivity index (χ4n) is 6.31. The Hall–Kier alpha value is -2.65. The molecule has 2 saturated heterocycles. The highest BCUT2D eigenvalue weighted by atomic mass is 32.2. The molecule has 1 unspecified atom stereocenters. The first-order chi connectivity index (χ1) is 19.8. The lowest BCUT2D eigenvalue weighted by Crippen LogP contribution is -2.52. The molecule has 14 heteroatoms. The van der Waals surface area contributed by atoms with Crippen molar-refractivity contribution in [1.29, 1.82) is 0 Å². The van der Waals surface area contributed by atoms with Gasteiger partial charge in [-0.2, -0.15) is 17.5 Å². The summed E-state index contributed by atoms with van der Waals surface area (Å²) in [6.45, 7) is 7.28. The molecule has 10 nitrogen and oxygen atoms in total. The van der Waals surface area contributed by atoms with Gasteiger partial charge < -0.3 is 25.8 Å². The molecule has 1 atom stereocenters. The number of fused-ring (bicyclic) bond motifs is 1. The number of nitrogens with two attached hydrogens (primary N) is 1. The van der Waals surface area contributed by atoms with E-state index in [1.54, 1.807) is 12.1 Å². The van der Waals surface area contributed by atoms with Crippen LogP contribution >= 0.6 is 0 Å². The van der Waals surface area contributed by atoms with E-state index in [-0.39, 0.29) is 34.4 Å². The molecule has 4 heterocycles. The van der Waals surface area contributed by atoms with E-state index in [1.807, 2.05) is 13.8 Å². The zero-order valence-corrected chi connectivity index (χ0v) is 24.9. The predicted molar refractivity (Wildman–Crippen MR) is 154 cm³/mol. The number of ether oxygens (including phenoxy) is 2. The molecule has 4 aliphatic heterocycles. The fraction of sp³-hybridized carbons (Fsp3) is 0.607. The zero-order chi connectivity index (χ0) is 30.3. The van der Waals surface area contributed by atoms with Gasteiger partial charge in [0, 0.05) is 43.9 Å². The van der Waals surface area contributed by atoms with Gasteiger partial charge in [-0.25, -0.2) is 8.42 Å². The summed E-state index contributed by atoms with van der Waals surface area (Å²) in [4.78, 5) is 6.58. The summed E-state index contributed by atoms with van der Waals surface area (Å²) in [7, 11) is -2.33. The normalized spacial score (nSPS) is 24.8. The van der Waals surface area contributed by atoms with Crippen LogP contribution in [0, 0.1) is 5.92 Å². The summed E-state index contributed by atoms with van der Waals surface area (Å²) in [6, 6.07) is 4.88. The van der Waals surface area contributed by atoms with E-state index in [0.29, 0.717) is 43.9 Å². The minimum absolute atomic E-state index is 0.00685. The van der Waals surface area contributed by atoms with Crippen LogP contribution in [0.15, 0.2) is 51.1 Å². The number of morpholine rings is 1. The number of halogens is 3. The van der Waals surface area contributed by atoms with E-state index in [0.717, 1.165) is 25.9 Å². The average molecular weight is 613 g/mol. The van der Waals surface area contributed by atoms with E-state index in [4.69, 9.17) is 15.2 Å². The van der Waals surface area contributed by atoms with E-state index < -0.39 is 33.9 Å². The first-order valence-corrected chi connectivity index (χ1v) is 15.7. The van der Waals surface area contributed by atoms with E-state index >= 15 is 0 Å². The molecule has 0 saturated carbocycles. The predicted octanol–water partition coefficient (Wildman–Crippen LogP) is 3.05. The van der Waals surface area contributed by atoms with Gasteiger partial charge in [-0.05, 0) is 43.4 Å². The minimum Gasteiger partial charge on any atom is -0.495 e. The molecule has 1 aromatic rings. The maximum absolute atomic E-state index is 13.8. The third-order valence-electron chi connectivity index (χ3n) is 8.21. The SMILES string of the molecule is COc1cc(S(=O)(=O)N2CCC(N3CCOCC3)CC2)ccc1NC1=CC(N)(CC(C)C)C2=C(C(F)(F)F)CN=C2N1. The summed E-state index contributed by atoms with van der Waals surface area (Å²) >= 11 is 0. The molecular formula is C28H39F3N6O4S. The molecule has 5 rings (SSSR count). The quantitative estimate of drug-likeness (QED) is 0.410. The van der Waals surface area contributed by atoms with Gasteiger partial charge in [0.15, 0.2) is 0 Å². The van der Waals surface area contributed by atoms with Crippen molar-refractivity contribution in [2.45, 2.75) is 55.8 Å². The van der Waals surface area contributed by atoms with Crippen molar-refractivity contribution < 1.29 is 31.1 Å². The number of rotatable bonds is 8. The number of nitrogens with zero attached hydrogens (tertiary/aromatic N) is 3. The van der Waals surface area contributed by atoms with E-state index in [2.05, 4.69) is 20.5 Å². The molecule has 0 bridgehead atoms. The third kappa shape index (κ3) is 6.18. The largest absolute Gasteiger partial charge is 0.495 e. The van der Waals surface area contributed by atoms with Gasteiger partial charge in [0.05, 0.1) is 48.6 Å². The van der Waals surface area contributed by atoms with E-state index in [1.165, 1.54) is 23.5 Å². The number of alkyl halides is 3. The molecule has 232 valence electrons. The number of sulfonamides is 1. The Morgan fingerprint density at radius 2 is 1.90 bits per heavy atom. The Kier molecular flexibility index (Phi) is 8.65. The number of anilines is 1. The second-order valence-electron chi connectivity index (χ2n) is 11.6. The highest BCUT2D eigenvalue weighted by Crippen LogP contribution is 2.41. The monoisotopic (exact) mass is 612 g/mol. The number of nitrogens with one attached hydrogen (secondary N) is 2. The zero-order valence-electron chi connectivity index (χ0n) is 24.1. The minimum atomic E-state index is -4.55. The number of amidine groups is 1. The van der Waals surface area contributed by atoms with Crippen molar-refractivity contribution in [2.75, 3.05) is 58.4 Å². The molecule has 0 amide bonds. The second kappa shape index (κ2) is 11.8. The first-order valence-electron chi connectivity index (χ1n) is 14.2. The van der Waals surface area contributed by atoms with Gasteiger partial charge in [0.25, 0.3) is 0 Å². The van der Waals surface area contributed by atoms with Crippen LogP contribution in [-0.2, 0) is 14.8 Å². The van der Waals surface area contributed by atoms with Crippen LogP contribution in [0.2, 0.25) is 0 Å². The van der Waals surface area contributed by atoms with E-state index in [9.17, 15) is 21.6 Å². The van der Waals surface area contributed by atoms with Gasteiger partial charge in [0.2, 0.25) is 10.0 Å².